The number of likely N-dealkylation sites (tertiary alicyclic amines) is 1. The molecule has 2 fully saturated rings. The van der Waals surface area contributed by atoms with Gasteiger partial charge in [-0.3, -0.25) is 14.9 Å². The third kappa shape index (κ3) is 5.52. The van der Waals surface area contributed by atoms with E-state index in [9.17, 15) is 14.9 Å². The molecule has 0 bridgehead atoms. The van der Waals surface area contributed by atoms with Crippen LogP contribution >= 0.6 is 11.8 Å². The Kier molecular flexibility index (Phi) is 7.91. The summed E-state index contributed by atoms with van der Waals surface area (Å²) in [5.41, 5.74) is 2.05. The summed E-state index contributed by atoms with van der Waals surface area (Å²) in [6.07, 6.45) is 5.48. The summed E-state index contributed by atoms with van der Waals surface area (Å²) < 4.78 is 11.5. The predicted molar refractivity (Wildman–Crippen MR) is 144 cm³/mol. The summed E-state index contributed by atoms with van der Waals surface area (Å²) >= 11 is 1.72. The molecular formula is C29H32N4O4S. The molecule has 3 aliphatic heterocycles. The Morgan fingerprint density at radius 2 is 1.92 bits per heavy atom. The van der Waals surface area contributed by atoms with Crippen LogP contribution in [0, 0.1) is 11.3 Å². The first-order valence-electron chi connectivity index (χ1n) is 12.9. The van der Waals surface area contributed by atoms with Crippen LogP contribution in [0.5, 0.6) is 0 Å². The molecule has 1 spiro atoms. The van der Waals surface area contributed by atoms with Crippen molar-refractivity contribution >= 4 is 23.6 Å². The van der Waals surface area contributed by atoms with Crippen molar-refractivity contribution in [2.45, 2.75) is 50.2 Å². The van der Waals surface area contributed by atoms with Crippen molar-refractivity contribution in [3.8, 4) is 6.07 Å². The van der Waals surface area contributed by atoms with E-state index in [1.54, 1.807) is 22.7 Å². The molecule has 2 aromatic carbocycles. The van der Waals surface area contributed by atoms with Crippen LogP contribution in [0.4, 0.5) is 0 Å². The molecule has 0 aromatic heterocycles. The van der Waals surface area contributed by atoms with Crippen molar-refractivity contribution in [1.29, 1.82) is 5.26 Å². The number of amides is 2. The summed E-state index contributed by atoms with van der Waals surface area (Å²) in [5.74, 6) is 1.00. The van der Waals surface area contributed by atoms with E-state index < -0.39 is 12.0 Å². The minimum Gasteiger partial charge on any atom is -0.458 e. The van der Waals surface area contributed by atoms with Crippen molar-refractivity contribution in [1.82, 2.24) is 15.1 Å². The predicted octanol–water partition coefficient (Wildman–Crippen LogP) is 3.39. The van der Waals surface area contributed by atoms with Crippen LogP contribution in [0.3, 0.4) is 0 Å². The average Bonchev–Trinajstić information content (AvgIpc) is 3.51. The van der Waals surface area contributed by atoms with E-state index in [0.29, 0.717) is 44.5 Å². The van der Waals surface area contributed by atoms with Gasteiger partial charge in [0.1, 0.15) is 6.26 Å². The number of rotatable bonds is 8. The smallest absolute Gasteiger partial charge is 0.292 e. The van der Waals surface area contributed by atoms with Gasteiger partial charge in [-0.05, 0) is 41.7 Å². The molecule has 198 valence electrons. The second-order valence-electron chi connectivity index (χ2n) is 9.89. The highest BCUT2D eigenvalue weighted by Gasteiger charge is 2.51. The number of piperidine rings is 1. The Morgan fingerprint density at radius 1 is 1.16 bits per heavy atom. The minimum absolute atomic E-state index is 0.0835. The lowest BCUT2D eigenvalue weighted by Gasteiger charge is -2.44. The summed E-state index contributed by atoms with van der Waals surface area (Å²) in [6, 6.07) is 19.2. The number of nitriles is 1. The third-order valence-corrected chi connectivity index (χ3v) is 8.09. The zero-order valence-corrected chi connectivity index (χ0v) is 22.3. The second kappa shape index (κ2) is 11.5. The molecule has 1 N–H and O–H groups in total. The Labute approximate surface area is 227 Å². The van der Waals surface area contributed by atoms with E-state index in [1.165, 1.54) is 6.26 Å². The maximum atomic E-state index is 13.5. The first kappa shape index (κ1) is 26.1. The molecule has 3 aliphatic rings. The van der Waals surface area contributed by atoms with Gasteiger partial charge in [0.15, 0.2) is 0 Å². The van der Waals surface area contributed by atoms with Gasteiger partial charge < -0.3 is 19.3 Å². The molecule has 0 saturated carbocycles. The molecule has 2 amide bonds. The van der Waals surface area contributed by atoms with Crippen LogP contribution in [0.2, 0.25) is 0 Å². The molecular weight excluding hydrogens is 500 g/mol. The highest BCUT2D eigenvalue weighted by molar-refractivity contribution is 7.98. The maximum Gasteiger partial charge on any atom is 0.292 e. The van der Waals surface area contributed by atoms with E-state index in [2.05, 4.69) is 11.4 Å². The van der Waals surface area contributed by atoms with Crippen LogP contribution in [0.1, 0.15) is 36.0 Å². The number of carbonyl (C=O) groups excluding carboxylic acids is 2. The fourth-order valence-electron chi connectivity index (χ4n) is 5.43. The number of thioether (sulfide) groups is 1. The normalized spacial score (nSPS) is 22.1. The third-order valence-electron chi connectivity index (χ3n) is 7.45. The van der Waals surface area contributed by atoms with Gasteiger partial charge in [0, 0.05) is 38.9 Å². The molecule has 2 unspecified atom stereocenters. The van der Waals surface area contributed by atoms with E-state index in [0.717, 1.165) is 23.3 Å². The highest BCUT2D eigenvalue weighted by atomic mass is 32.2. The largest absolute Gasteiger partial charge is 0.458 e. The lowest BCUT2D eigenvalue weighted by Crippen LogP contribution is -2.59. The average molecular weight is 533 g/mol. The van der Waals surface area contributed by atoms with Crippen molar-refractivity contribution in [2.75, 3.05) is 25.1 Å². The summed E-state index contributed by atoms with van der Waals surface area (Å²) in [4.78, 5) is 30.5. The van der Waals surface area contributed by atoms with Crippen LogP contribution in [0.15, 0.2) is 66.6 Å². The summed E-state index contributed by atoms with van der Waals surface area (Å²) in [5, 5.41) is 13.0. The van der Waals surface area contributed by atoms with Gasteiger partial charge in [0.25, 0.3) is 5.91 Å². The maximum absolute atomic E-state index is 13.5. The molecule has 2 saturated heterocycles. The monoisotopic (exact) mass is 532 g/mol. The second-order valence-corrected chi connectivity index (χ2v) is 10.9. The van der Waals surface area contributed by atoms with Crippen LogP contribution in [-0.4, -0.2) is 64.7 Å². The fraction of sp³-hybridized carbons (Fsp3) is 0.414. The Bertz CT molecular complexity index is 1240. The number of carbonyl (C=O) groups is 2. The standard InChI is InChI=1S/C29H32N4O4S/c1-38-15-10-24-27(34)33(19-23-9-5-8-22(16-23)18-30)29(31-24)11-13-32(14-12-29)28(35)25-20-36-26(37-25)17-21-6-3-2-4-7-21/h2-9,16,20,24,26,31H,10-15,17,19H2,1H3. The van der Waals surface area contributed by atoms with Gasteiger partial charge in [0.05, 0.1) is 23.3 Å². The van der Waals surface area contributed by atoms with E-state index in [-0.39, 0.29) is 23.6 Å². The van der Waals surface area contributed by atoms with E-state index in [1.807, 2.05) is 59.7 Å². The number of ether oxygens (including phenoxy) is 2. The molecule has 0 radical (unpaired) electrons. The number of nitrogens with one attached hydrogen (secondary N) is 1. The summed E-state index contributed by atoms with van der Waals surface area (Å²) in [7, 11) is 0. The van der Waals surface area contributed by atoms with Gasteiger partial charge in [-0.15, -0.1) is 0 Å². The van der Waals surface area contributed by atoms with Crippen molar-refractivity contribution in [2.24, 2.45) is 0 Å². The minimum atomic E-state index is -0.531. The first-order valence-corrected chi connectivity index (χ1v) is 14.3. The Hall–Kier alpha value is -3.48. The number of nitrogens with zero attached hydrogens (tertiary/aromatic N) is 3. The first-order chi connectivity index (χ1) is 18.5. The Morgan fingerprint density at radius 3 is 2.66 bits per heavy atom. The van der Waals surface area contributed by atoms with Crippen molar-refractivity contribution in [3.05, 3.63) is 83.3 Å². The molecule has 3 heterocycles. The molecule has 2 aromatic rings. The molecule has 0 aliphatic carbocycles. The number of benzene rings is 2. The molecule has 2 atom stereocenters. The zero-order chi connectivity index (χ0) is 26.5. The Balaban J connectivity index is 1.24. The van der Waals surface area contributed by atoms with Crippen molar-refractivity contribution in [3.63, 3.8) is 0 Å². The van der Waals surface area contributed by atoms with E-state index in [4.69, 9.17) is 9.47 Å². The quantitative estimate of drug-likeness (QED) is 0.557. The van der Waals surface area contributed by atoms with Gasteiger partial charge in [-0.25, -0.2) is 0 Å². The molecule has 9 heteroatoms. The van der Waals surface area contributed by atoms with Crippen LogP contribution < -0.4 is 5.32 Å². The lowest BCUT2D eigenvalue weighted by molar-refractivity contribution is -0.138. The van der Waals surface area contributed by atoms with Gasteiger partial charge >= 0.3 is 0 Å². The van der Waals surface area contributed by atoms with Crippen LogP contribution in [0.25, 0.3) is 0 Å². The molecule has 38 heavy (non-hydrogen) atoms. The van der Waals surface area contributed by atoms with Crippen molar-refractivity contribution < 1.29 is 19.1 Å². The van der Waals surface area contributed by atoms with Gasteiger partial charge in [0.2, 0.25) is 18.0 Å². The molecule has 8 nitrogen and oxygen atoms in total. The SMILES string of the molecule is CSCCC1NC2(CCN(C(=O)C3=COC(Cc4ccccc4)O3)CC2)N(Cc2cccc(C#N)c2)C1=O. The topological polar surface area (TPSA) is 94.9 Å². The van der Waals surface area contributed by atoms with Gasteiger partial charge in [-0.1, -0.05) is 42.5 Å². The number of hydrogen-bond donors (Lipinski definition) is 1. The number of hydrogen-bond acceptors (Lipinski definition) is 7. The van der Waals surface area contributed by atoms with Gasteiger partial charge in [-0.2, -0.15) is 17.0 Å². The lowest BCUT2D eigenvalue weighted by atomic mass is 9.95. The van der Waals surface area contributed by atoms with Crippen LogP contribution in [-0.2, 0) is 32.0 Å². The fourth-order valence-corrected chi connectivity index (χ4v) is 5.90. The zero-order valence-electron chi connectivity index (χ0n) is 21.5. The summed E-state index contributed by atoms with van der Waals surface area (Å²) in [6.45, 7) is 1.41. The molecule has 5 rings (SSSR count). The van der Waals surface area contributed by atoms with E-state index >= 15 is 0 Å². The highest BCUT2D eigenvalue weighted by Crippen LogP contribution is 2.35.